The molecular weight excluding hydrogens is 206 g/mol. The molecule has 1 heterocycles. The molecule has 0 aliphatic heterocycles. The Morgan fingerprint density at radius 2 is 2.20 bits per heavy atom. The van der Waals surface area contributed by atoms with Gasteiger partial charge in [0.15, 0.2) is 0 Å². The summed E-state index contributed by atoms with van der Waals surface area (Å²) in [4.78, 5) is 8.81. The summed E-state index contributed by atoms with van der Waals surface area (Å²) < 4.78 is 24.4. The average molecular weight is 218 g/mol. The van der Waals surface area contributed by atoms with Gasteiger partial charge in [-0.05, 0) is 0 Å². The van der Waals surface area contributed by atoms with Crippen molar-refractivity contribution in [1.29, 1.82) is 0 Å². The smallest absolute Gasteiger partial charge is 0.255 e. The molecule has 0 fully saturated rings. The summed E-state index contributed by atoms with van der Waals surface area (Å²) in [6.45, 7) is -0.662. The van der Waals surface area contributed by atoms with Crippen LogP contribution in [0.3, 0.4) is 0 Å². The van der Waals surface area contributed by atoms with Crippen LogP contribution in [0.4, 0.5) is 20.4 Å². The number of halogens is 2. The van der Waals surface area contributed by atoms with Gasteiger partial charge < -0.3 is 15.7 Å². The molecule has 1 rings (SSSR count). The number of anilines is 2. The number of hydrogen-bond donors (Lipinski definition) is 2. The van der Waals surface area contributed by atoms with Crippen LogP contribution in [0.1, 0.15) is 0 Å². The van der Waals surface area contributed by atoms with Gasteiger partial charge in [0.25, 0.3) is 6.43 Å². The minimum absolute atomic E-state index is 0.0719. The zero-order chi connectivity index (χ0) is 11.3. The lowest BCUT2D eigenvalue weighted by Gasteiger charge is -2.21. The van der Waals surface area contributed by atoms with Crippen LogP contribution in [0.15, 0.2) is 12.4 Å². The van der Waals surface area contributed by atoms with Crippen LogP contribution in [0.2, 0.25) is 0 Å². The summed E-state index contributed by atoms with van der Waals surface area (Å²) in [5.41, 5.74) is 5.37. The second-order valence-corrected chi connectivity index (χ2v) is 2.86. The fraction of sp³-hybridized carbons (Fsp3) is 0.500. The van der Waals surface area contributed by atoms with Gasteiger partial charge in [0.05, 0.1) is 25.5 Å². The van der Waals surface area contributed by atoms with Crippen LogP contribution in [0.5, 0.6) is 0 Å². The highest BCUT2D eigenvalue weighted by molar-refractivity contribution is 5.41. The van der Waals surface area contributed by atoms with Crippen LogP contribution < -0.4 is 10.6 Å². The van der Waals surface area contributed by atoms with Crippen molar-refractivity contribution in [2.45, 2.75) is 6.43 Å². The molecule has 0 unspecified atom stereocenters. The van der Waals surface area contributed by atoms with Gasteiger partial charge in [0, 0.05) is 6.54 Å². The van der Waals surface area contributed by atoms with Gasteiger partial charge in [-0.15, -0.1) is 0 Å². The Morgan fingerprint density at radius 3 is 2.73 bits per heavy atom. The van der Waals surface area contributed by atoms with Gasteiger partial charge in [0.1, 0.15) is 11.6 Å². The molecule has 0 aliphatic rings. The molecule has 0 atom stereocenters. The number of nitrogens with zero attached hydrogens (tertiary/aromatic N) is 3. The highest BCUT2D eigenvalue weighted by atomic mass is 19.3. The third kappa shape index (κ3) is 3.62. The summed E-state index contributed by atoms with van der Waals surface area (Å²) in [7, 11) is 0. The maximum absolute atomic E-state index is 12.2. The Bertz CT molecular complexity index is 310. The molecule has 5 nitrogen and oxygen atoms in total. The SMILES string of the molecule is Nc1cncc(N(CCO)CC(F)F)n1. The molecule has 3 N–H and O–H groups in total. The minimum atomic E-state index is -2.50. The van der Waals surface area contributed by atoms with Crippen molar-refractivity contribution in [1.82, 2.24) is 9.97 Å². The van der Waals surface area contributed by atoms with E-state index >= 15 is 0 Å². The average Bonchev–Trinajstić information content (AvgIpc) is 2.16. The zero-order valence-corrected chi connectivity index (χ0v) is 7.98. The molecule has 15 heavy (non-hydrogen) atoms. The third-order valence-corrected chi connectivity index (χ3v) is 1.69. The molecular formula is C8H12F2N4O. The van der Waals surface area contributed by atoms with Crippen molar-refractivity contribution >= 4 is 11.6 Å². The van der Waals surface area contributed by atoms with E-state index in [1.807, 2.05) is 0 Å². The van der Waals surface area contributed by atoms with E-state index in [2.05, 4.69) is 9.97 Å². The van der Waals surface area contributed by atoms with Crippen molar-refractivity contribution in [3.63, 3.8) is 0 Å². The van der Waals surface area contributed by atoms with E-state index in [9.17, 15) is 8.78 Å². The molecule has 0 aromatic carbocycles. The third-order valence-electron chi connectivity index (χ3n) is 1.69. The van der Waals surface area contributed by atoms with Crippen LogP contribution in [0.25, 0.3) is 0 Å². The monoisotopic (exact) mass is 218 g/mol. The van der Waals surface area contributed by atoms with Gasteiger partial charge in [-0.2, -0.15) is 0 Å². The van der Waals surface area contributed by atoms with Crippen molar-refractivity contribution in [3.05, 3.63) is 12.4 Å². The zero-order valence-electron chi connectivity index (χ0n) is 7.98. The first-order chi connectivity index (χ1) is 7.13. The quantitative estimate of drug-likeness (QED) is 0.734. The van der Waals surface area contributed by atoms with Crippen LogP contribution in [0, 0.1) is 0 Å². The number of hydrogen-bond acceptors (Lipinski definition) is 5. The van der Waals surface area contributed by atoms with E-state index < -0.39 is 13.0 Å². The molecule has 0 aliphatic carbocycles. The van der Waals surface area contributed by atoms with Crippen molar-refractivity contribution in [2.24, 2.45) is 0 Å². The number of nitrogen functional groups attached to an aromatic ring is 1. The summed E-state index contributed by atoms with van der Waals surface area (Å²) in [5.74, 6) is 0.397. The highest BCUT2D eigenvalue weighted by Crippen LogP contribution is 2.11. The first-order valence-corrected chi connectivity index (χ1v) is 4.35. The summed E-state index contributed by atoms with van der Waals surface area (Å²) in [5, 5.41) is 8.71. The Hall–Kier alpha value is -1.50. The van der Waals surface area contributed by atoms with Crippen molar-refractivity contribution in [3.8, 4) is 0 Å². The Morgan fingerprint density at radius 1 is 1.47 bits per heavy atom. The number of rotatable bonds is 5. The molecule has 0 spiro atoms. The second kappa shape index (κ2) is 5.40. The molecule has 0 bridgehead atoms. The minimum Gasteiger partial charge on any atom is -0.395 e. The largest absolute Gasteiger partial charge is 0.395 e. The summed E-state index contributed by atoms with van der Waals surface area (Å²) >= 11 is 0. The molecule has 0 saturated carbocycles. The van der Waals surface area contributed by atoms with Crippen LogP contribution in [-0.2, 0) is 0 Å². The lowest BCUT2D eigenvalue weighted by atomic mass is 10.4. The van der Waals surface area contributed by atoms with Gasteiger partial charge in [-0.3, -0.25) is 4.98 Å². The Labute approximate surface area is 85.6 Å². The fourth-order valence-corrected chi connectivity index (χ4v) is 1.11. The first-order valence-electron chi connectivity index (χ1n) is 4.35. The number of aliphatic hydroxyl groups is 1. The van der Waals surface area contributed by atoms with Gasteiger partial charge >= 0.3 is 0 Å². The number of alkyl halides is 2. The summed E-state index contributed by atoms with van der Waals surface area (Å²) in [6.07, 6.45) is 0.150. The maximum Gasteiger partial charge on any atom is 0.255 e. The first kappa shape index (κ1) is 11.6. The van der Waals surface area contributed by atoms with E-state index in [4.69, 9.17) is 10.8 Å². The van der Waals surface area contributed by atoms with Crippen molar-refractivity contribution < 1.29 is 13.9 Å². The fourth-order valence-electron chi connectivity index (χ4n) is 1.11. The van der Waals surface area contributed by atoms with Crippen LogP contribution in [-0.4, -0.2) is 41.2 Å². The van der Waals surface area contributed by atoms with E-state index in [-0.39, 0.29) is 24.8 Å². The predicted octanol–water partition coefficient (Wildman–Crippen LogP) is 0.123. The predicted molar refractivity (Wildman–Crippen MR) is 51.7 cm³/mol. The number of nitrogens with two attached hydrogens (primary N) is 1. The normalized spacial score (nSPS) is 10.7. The molecule has 1 aromatic rings. The molecule has 1 aromatic heterocycles. The van der Waals surface area contributed by atoms with Crippen LogP contribution >= 0.6 is 0 Å². The van der Waals surface area contributed by atoms with Crippen molar-refractivity contribution in [2.75, 3.05) is 30.3 Å². The van der Waals surface area contributed by atoms with Gasteiger partial charge in [-0.1, -0.05) is 0 Å². The number of aromatic nitrogens is 2. The standard InChI is InChI=1S/C8H12F2N4O/c9-6(10)5-14(1-2-15)8-4-12-3-7(11)13-8/h3-4,6,15H,1-2,5H2,(H2,11,13). The molecule has 0 radical (unpaired) electrons. The molecule has 0 amide bonds. The van der Waals surface area contributed by atoms with E-state index in [0.29, 0.717) is 0 Å². The Kier molecular flexibility index (Phi) is 4.17. The van der Waals surface area contributed by atoms with E-state index in [1.165, 1.54) is 17.3 Å². The molecule has 7 heteroatoms. The summed E-state index contributed by atoms with van der Waals surface area (Å²) in [6, 6.07) is 0. The highest BCUT2D eigenvalue weighted by Gasteiger charge is 2.13. The van der Waals surface area contributed by atoms with Gasteiger partial charge in [0.2, 0.25) is 0 Å². The molecule has 84 valence electrons. The topological polar surface area (TPSA) is 75.3 Å². The lowest BCUT2D eigenvalue weighted by Crippen LogP contribution is -2.32. The lowest BCUT2D eigenvalue weighted by molar-refractivity contribution is 0.152. The molecule has 0 saturated heterocycles. The second-order valence-electron chi connectivity index (χ2n) is 2.86. The number of aliphatic hydroxyl groups excluding tert-OH is 1. The van der Waals surface area contributed by atoms with E-state index in [0.717, 1.165) is 0 Å². The van der Waals surface area contributed by atoms with E-state index in [1.54, 1.807) is 0 Å². The maximum atomic E-state index is 12.2. The van der Waals surface area contributed by atoms with Gasteiger partial charge in [-0.25, -0.2) is 13.8 Å². The Balaban J connectivity index is 2.78.